The van der Waals surface area contributed by atoms with Crippen molar-refractivity contribution in [2.24, 2.45) is 29.1 Å². The summed E-state index contributed by atoms with van der Waals surface area (Å²) in [6.07, 6.45) is 5.69. The molecule has 1 fully saturated rings. The smallest absolute Gasteiger partial charge is 0.279 e. The summed E-state index contributed by atoms with van der Waals surface area (Å²) in [5, 5.41) is 0.212. The molecule has 20 heavy (non-hydrogen) atoms. The molecule has 1 aliphatic heterocycles. The number of guanidine groups is 1. The second kappa shape index (κ2) is 4.81. The third-order valence-electron chi connectivity index (χ3n) is 3.90. The van der Waals surface area contributed by atoms with Crippen LogP contribution < -0.4 is 22.1 Å². The molecule has 1 saturated carbocycles. The second-order valence-corrected chi connectivity index (χ2v) is 5.32. The summed E-state index contributed by atoms with van der Waals surface area (Å²) in [6, 6.07) is 0.237. The average Bonchev–Trinajstić information content (AvgIpc) is 2.88. The van der Waals surface area contributed by atoms with E-state index in [0.29, 0.717) is 11.4 Å². The number of hydrogen-bond acceptors (Lipinski definition) is 3. The Hall–Kier alpha value is -2.05. The number of aliphatic imine (C=N–C) groups is 1. The number of rotatable bonds is 1. The summed E-state index contributed by atoms with van der Waals surface area (Å²) in [4.78, 5) is 36.8. The Balaban J connectivity index is 2.12. The Labute approximate surface area is 115 Å². The number of hydrogen-bond donors (Lipinski definition) is 0. The molecule has 1 aliphatic carbocycles. The Morgan fingerprint density at radius 1 is 1.05 bits per heavy atom. The van der Waals surface area contributed by atoms with E-state index in [0.717, 1.165) is 17.4 Å². The van der Waals surface area contributed by atoms with Gasteiger partial charge in [-0.15, -0.1) is 0 Å². The zero-order valence-corrected chi connectivity index (χ0v) is 11.7. The number of fused-ring (bicyclic) bond motifs is 1. The van der Waals surface area contributed by atoms with Crippen LogP contribution in [0.2, 0.25) is 0 Å². The van der Waals surface area contributed by atoms with Gasteiger partial charge >= 0.3 is 5.69 Å². The fourth-order valence-corrected chi connectivity index (χ4v) is 2.69. The minimum Gasteiger partial charge on any atom is -0.279 e. The average molecular weight is 275 g/mol. The summed E-state index contributed by atoms with van der Waals surface area (Å²) < 4.78 is 2.38. The molecule has 1 aromatic heterocycles. The lowest BCUT2D eigenvalue weighted by atomic mass is 9.96. The van der Waals surface area contributed by atoms with Crippen LogP contribution in [0.15, 0.2) is 24.6 Å². The summed E-state index contributed by atoms with van der Waals surface area (Å²) in [7, 11) is 3.03. The van der Waals surface area contributed by atoms with Crippen LogP contribution in [-0.4, -0.2) is 21.1 Å². The number of nitrogens with zero attached hydrogens (tertiary/aromatic N) is 5. The monoisotopic (exact) mass is 275 g/mol. The maximum atomic E-state index is 12.0. The molecule has 0 spiro atoms. The second-order valence-electron chi connectivity index (χ2n) is 5.32. The summed E-state index contributed by atoms with van der Waals surface area (Å²) in [5.74, 6) is 0.324. The van der Waals surface area contributed by atoms with Crippen LogP contribution in [0, 0.1) is 0 Å². The van der Waals surface area contributed by atoms with Gasteiger partial charge < -0.3 is 0 Å². The van der Waals surface area contributed by atoms with Crippen molar-refractivity contribution in [3.63, 3.8) is 0 Å². The van der Waals surface area contributed by atoms with E-state index in [1.165, 1.54) is 30.9 Å². The van der Waals surface area contributed by atoms with Crippen molar-refractivity contribution in [2.45, 2.75) is 38.1 Å². The van der Waals surface area contributed by atoms with Gasteiger partial charge in [-0.2, -0.15) is 4.99 Å². The molecule has 0 aromatic carbocycles. The normalized spacial score (nSPS) is 20.6. The molecule has 0 bridgehead atoms. The first-order valence-electron chi connectivity index (χ1n) is 6.89. The van der Waals surface area contributed by atoms with Crippen molar-refractivity contribution in [3.05, 3.63) is 31.7 Å². The maximum absolute atomic E-state index is 12.0. The molecular weight excluding hydrogens is 258 g/mol. The highest BCUT2D eigenvalue weighted by molar-refractivity contribution is 5.83. The molecule has 7 nitrogen and oxygen atoms in total. The molecule has 0 radical (unpaired) electrons. The lowest BCUT2D eigenvalue weighted by molar-refractivity contribution is 0.443. The fraction of sp³-hybridized carbons (Fsp3) is 0.615. The largest absolute Gasteiger partial charge is 0.332 e. The molecule has 3 rings (SSSR count). The van der Waals surface area contributed by atoms with E-state index in [-0.39, 0.29) is 11.4 Å². The molecule has 0 saturated heterocycles. The Morgan fingerprint density at radius 2 is 1.75 bits per heavy atom. The molecule has 1 aromatic rings. The van der Waals surface area contributed by atoms with Crippen LogP contribution >= 0.6 is 0 Å². The highest BCUT2D eigenvalue weighted by Crippen LogP contribution is 2.20. The molecular formula is C13H17N5O2. The van der Waals surface area contributed by atoms with Crippen LogP contribution in [0.25, 0.3) is 0 Å². The molecule has 0 amide bonds. The van der Waals surface area contributed by atoms with Gasteiger partial charge in [0.2, 0.25) is 5.96 Å². The fourth-order valence-electron chi connectivity index (χ4n) is 2.69. The lowest BCUT2D eigenvalue weighted by Gasteiger charge is -2.16. The van der Waals surface area contributed by atoms with Crippen molar-refractivity contribution in [3.8, 4) is 0 Å². The van der Waals surface area contributed by atoms with Crippen molar-refractivity contribution in [1.82, 2.24) is 9.13 Å². The van der Waals surface area contributed by atoms with E-state index in [9.17, 15) is 9.59 Å². The van der Waals surface area contributed by atoms with Crippen LogP contribution in [0.5, 0.6) is 0 Å². The van der Waals surface area contributed by atoms with Gasteiger partial charge in [-0.1, -0.05) is 19.3 Å². The van der Waals surface area contributed by atoms with E-state index >= 15 is 0 Å². The van der Waals surface area contributed by atoms with Crippen molar-refractivity contribution in [1.29, 1.82) is 0 Å². The third kappa shape index (κ3) is 2.03. The van der Waals surface area contributed by atoms with Gasteiger partial charge in [0.15, 0.2) is 10.8 Å². The van der Waals surface area contributed by atoms with Gasteiger partial charge in [0.25, 0.3) is 5.56 Å². The number of aromatic nitrogens is 2. The van der Waals surface area contributed by atoms with Crippen LogP contribution in [0.3, 0.4) is 0 Å². The van der Waals surface area contributed by atoms with E-state index in [2.05, 4.69) is 15.0 Å². The third-order valence-corrected chi connectivity index (χ3v) is 3.90. The first-order valence-corrected chi connectivity index (χ1v) is 6.89. The van der Waals surface area contributed by atoms with Crippen molar-refractivity contribution < 1.29 is 0 Å². The molecule has 2 heterocycles. The first-order chi connectivity index (χ1) is 9.58. The maximum Gasteiger partial charge on any atom is 0.332 e. The topological polar surface area (TPSA) is 81.1 Å². The Morgan fingerprint density at radius 3 is 2.45 bits per heavy atom. The lowest BCUT2D eigenvalue weighted by Crippen LogP contribution is -2.55. The van der Waals surface area contributed by atoms with E-state index < -0.39 is 11.2 Å². The van der Waals surface area contributed by atoms with E-state index in [1.807, 2.05) is 0 Å². The first kappa shape index (κ1) is 13.0. The molecule has 7 heteroatoms. The SMILES string of the molecule is Cn1c(=O)c2c(n(C)c1=O)=NC(=NC1CCCCC1)N=2. The highest BCUT2D eigenvalue weighted by Gasteiger charge is 2.17. The predicted molar refractivity (Wildman–Crippen MR) is 73.5 cm³/mol. The van der Waals surface area contributed by atoms with Crippen molar-refractivity contribution >= 4 is 5.96 Å². The van der Waals surface area contributed by atoms with Gasteiger partial charge in [0.1, 0.15) is 0 Å². The molecule has 0 unspecified atom stereocenters. The Kier molecular flexibility index (Phi) is 3.11. The van der Waals surface area contributed by atoms with Crippen molar-refractivity contribution in [2.75, 3.05) is 0 Å². The van der Waals surface area contributed by atoms with Crippen LogP contribution in [-0.2, 0) is 14.1 Å². The van der Waals surface area contributed by atoms with Gasteiger partial charge in [-0.3, -0.25) is 13.9 Å². The van der Waals surface area contributed by atoms with Gasteiger partial charge in [-0.25, -0.2) is 14.8 Å². The summed E-state index contributed by atoms with van der Waals surface area (Å²) >= 11 is 0. The predicted octanol–water partition coefficient (Wildman–Crippen LogP) is -0.974. The highest BCUT2D eigenvalue weighted by atomic mass is 16.2. The molecule has 2 aliphatic rings. The summed E-state index contributed by atoms with van der Waals surface area (Å²) in [6.45, 7) is 0. The zero-order chi connectivity index (χ0) is 14.3. The van der Waals surface area contributed by atoms with Crippen LogP contribution in [0.4, 0.5) is 0 Å². The van der Waals surface area contributed by atoms with Gasteiger partial charge in [-0.05, 0) is 12.8 Å². The summed E-state index contributed by atoms with van der Waals surface area (Å²) in [5.41, 5.74) is -0.500. The standard InChI is InChI=1S/C13H17N5O2/c1-17-10-9(11(19)18(2)13(17)20)15-12(16-10)14-8-6-4-3-5-7-8/h8H,3-7H2,1-2H3. The van der Waals surface area contributed by atoms with E-state index in [1.54, 1.807) is 7.05 Å². The molecule has 106 valence electrons. The van der Waals surface area contributed by atoms with Gasteiger partial charge in [0.05, 0.1) is 6.04 Å². The zero-order valence-electron chi connectivity index (χ0n) is 11.7. The Bertz CT molecular complexity index is 809. The molecule has 0 atom stereocenters. The van der Waals surface area contributed by atoms with Crippen LogP contribution in [0.1, 0.15) is 32.1 Å². The van der Waals surface area contributed by atoms with E-state index in [4.69, 9.17) is 0 Å². The minimum atomic E-state index is -0.416. The quantitative estimate of drug-likeness (QED) is 0.660. The van der Waals surface area contributed by atoms with Gasteiger partial charge in [0, 0.05) is 14.1 Å². The minimum absolute atomic E-state index is 0.212. The molecule has 0 N–H and O–H groups in total.